The third kappa shape index (κ3) is 1.28. The van der Waals surface area contributed by atoms with E-state index in [4.69, 9.17) is 16.3 Å². The minimum atomic E-state index is 0.0880. The van der Waals surface area contributed by atoms with Gasteiger partial charge in [-0.05, 0) is 31.4 Å². The van der Waals surface area contributed by atoms with Crippen LogP contribution < -0.4 is 9.64 Å². The van der Waals surface area contributed by atoms with Crippen molar-refractivity contribution in [2.75, 3.05) is 18.1 Å². The Balaban J connectivity index is 2.11. The summed E-state index contributed by atoms with van der Waals surface area (Å²) in [6, 6.07) is 0. The molecule has 2 aliphatic rings. The third-order valence-electron chi connectivity index (χ3n) is 3.25. The summed E-state index contributed by atoms with van der Waals surface area (Å²) in [6.07, 6.45) is 3.98. The van der Waals surface area contributed by atoms with Crippen molar-refractivity contribution in [1.82, 2.24) is 9.97 Å². The molecule has 1 atom stereocenters. The first-order valence-electron chi connectivity index (χ1n) is 5.12. The second-order valence-corrected chi connectivity index (χ2v) is 4.71. The fourth-order valence-corrected chi connectivity index (χ4v) is 2.53. The summed E-state index contributed by atoms with van der Waals surface area (Å²) in [5, 5.41) is 0.286. The molecule has 0 spiro atoms. The number of aromatic nitrogens is 2. The standard InChI is InChI=1S/C10H12ClN3O/c1-10-3-2-4-14(10)8-7(15-6-10)5-12-9(11)13-8/h5H,2-4,6H2,1H3. The highest BCUT2D eigenvalue weighted by Gasteiger charge is 2.42. The number of halogens is 1. The number of hydrogen-bond acceptors (Lipinski definition) is 4. The van der Waals surface area contributed by atoms with E-state index < -0.39 is 0 Å². The van der Waals surface area contributed by atoms with E-state index in [0.29, 0.717) is 6.61 Å². The molecule has 1 saturated heterocycles. The molecule has 0 aliphatic carbocycles. The Bertz CT molecular complexity index is 412. The topological polar surface area (TPSA) is 38.2 Å². The molecule has 0 saturated carbocycles. The van der Waals surface area contributed by atoms with E-state index in [0.717, 1.165) is 24.5 Å². The smallest absolute Gasteiger partial charge is 0.224 e. The highest BCUT2D eigenvalue weighted by Crippen LogP contribution is 2.41. The van der Waals surface area contributed by atoms with Gasteiger partial charge in [-0.15, -0.1) is 0 Å². The Morgan fingerprint density at radius 3 is 3.33 bits per heavy atom. The molecule has 2 aliphatic heterocycles. The molecule has 3 rings (SSSR count). The van der Waals surface area contributed by atoms with Crippen LogP contribution in [0.1, 0.15) is 19.8 Å². The molecule has 0 N–H and O–H groups in total. The third-order valence-corrected chi connectivity index (χ3v) is 3.43. The van der Waals surface area contributed by atoms with Gasteiger partial charge < -0.3 is 9.64 Å². The van der Waals surface area contributed by atoms with Crippen molar-refractivity contribution < 1.29 is 4.74 Å². The molecule has 3 heterocycles. The summed E-state index contributed by atoms with van der Waals surface area (Å²) in [6.45, 7) is 3.95. The van der Waals surface area contributed by atoms with Gasteiger partial charge in [0, 0.05) is 6.54 Å². The van der Waals surface area contributed by atoms with Crippen LogP contribution in [0.3, 0.4) is 0 Å². The average Bonchev–Trinajstić information content (AvgIpc) is 2.60. The van der Waals surface area contributed by atoms with E-state index in [2.05, 4.69) is 21.8 Å². The fraction of sp³-hybridized carbons (Fsp3) is 0.600. The highest BCUT2D eigenvalue weighted by molar-refractivity contribution is 6.28. The van der Waals surface area contributed by atoms with Crippen molar-refractivity contribution in [3.05, 3.63) is 11.5 Å². The Hall–Kier alpha value is -1.03. The van der Waals surface area contributed by atoms with Crippen LogP contribution in [0.4, 0.5) is 5.82 Å². The van der Waals surface area contributed by atoms with Crippen molar-refractivity contribution >= 4 is 17.4 Å². The molecule has 1 fully saturated rings. The van der Waals surface area contributed by atoms with Gasteiger partial charge in [0.1, 0.15) is 6.61 Å². The summed E-state index contributed by atoms with van der Waals surface area (Å²) in [4.78, 5) is 10.5. The number of hydrogen-bond donors (Lipinski definition) is 0. The number of rotatable bonds is 0. The summed E-state index contributed by atoms with van der Waals surface area (Å²) < 4.78 is 5.67. The Morgan fingerprint density at radius 2 is 2.47 bits per heavy atom. The molecule has 1 aromatic rings. The lowest BCUT2D eigenvalue weighted by Crippen LogP contribution is -2.49. The molecular formula is C10H12ClN3O. The molecule has 0 bridgehead atoms. The highest BCUT2D eigenvalue weighted by atomic mass is 35.5. The number of nitrogens with zero attached hydrogens (tertiary/aromatic N) is 3. The quantitative estimate of drug-likeness (QED) is 0.632. The molecule has 0 aromatic carbocycles. The van der Waals surface area contributed by atoms with Gasteiger partial charge in [0.05, 0.1) is 11.7 Å². The average molecular weight is 226 g/mol. The lowest BCUT2D eigenvalue weighted by Gasteiger charge is -2.40. The first-order chi connectivity index (χ1) is 7.19. The molecule has 15 heavy (non-hydrogen) atoms. The Labute approximate surface area is 93.2 Å². The maximum atomic E-state index is 5.81. The van der Waals surface area contributed by atoms with Crippen LogP contribution in [-0.4, -0.2) is 28.7 Å². The van der Waals surface area contributed by atoms with Crippen molar-refractivity contribution in [2.24, 2.45) is 0 Å². The second kappa shape index (κ2) is 2.98. The summed E-state index contributed by atoms with van der Waals surface area (Å²) in [5.74, 6) is 1.60. The summed E-state index contributed by atoms with van der Waals surface area (Å²) in [5.41, 5.74) is 0.0880. The van der Waals surface area contributed by atoms with Crippen LogP contribution >= 0.6 is 11.6 Å². The molecule has 4 nitrogen and oxygen atoms in total. The van der Waals surface area contributed by atoms with Gasteiger partial charge in [0.25, 0.3) is 0 Å². The molecule has 1 aromatic heterocycles. The van der Waals surface area contributed by atoms with E-state index in [-0.39, 0.29) is 10.8 Å². The van der Waals surface area contributed by atoms with Crippen LogP contribution in [0.15, 0.2) is 6.20 Å². The van der Waals surface area contributed by atoms with Crippen molar-refractivity contribution in [3.8, 4) is 5.75 Å². The monoisotopic (exact) mass is 225 g/mol. The van der Waals surface area contributed by atoms with Gasteiger partial charge in [0.2, 0.25) is 5.28 Å². The van der Waals surface area contributed by atoms with Gasteiger partial charge >= 0.3 is 0 Å². The van der Waals surface area contributed by atoms with E-state index >= 15 is 0 Å². The normalized spacial score (nSPS) is 28.3. The number of fused-ring (bicyclic) bond motifs is 3. The fourth-order valence-electron chi connectivity index (χ4n) is 2.40. The van der Waals surface area contributed by atoms with Crippen LogP contribution in [0, 0.1) is 0 Å². The van der Waals surface area contributed by atoms with Gasteiger partial charge in [0.15, 0.2) is 11.6 Å². The van der Waals surface area contributed by atoms with E-state index in [1.54, 1.807) is 6.20 Å². The van der Waals surface area contributed by atoms with Crippen LogP contribution in [0.5, 0.6) is 5.75 Å². The molecule has 80 valence electrons. The molecule has 1 unspecified atom stereocenters. The zero-order chi connectivity index (χ0) is 10.5. The Kier molecular flexibility index (Phi) is 1.83. The van der Waals surface area contributed by atoms with E-state index in [9.17, 15) is 0 Å². The van der Waals surface area contributed by atoms with Gasteiger partial charge in [-0.25, -0.2) is 4.98 Å². The minimum absolute atomic E-state index is 0.0880. The maximum absolute atomic E-state index is 5.81. The minimum Gasteiger partial charge on any atom is -0.486 e. The first-order valence-corrected chi connectivity index (χ1v) is 5.50. The van der Waals surface area contributed by atoms with Gasteiger partial charge in [-0.3, -0.25) is 0 Å². The second-order valence-electron chi connectivity index (χ2n) is 4.37. The molecule has 0 amide bonds. The number of anilines is 1. The van der Waals surface area contributed by atoms with Crippen molar-refractivity contribution in [3.63, 3.8) is 0 Å². The van der Waals surface area contributed by atoms with Crippen molar-refractivity contribution in [1.29, 1.82) is 0 Å². The lowest BCUT2D eigenvalue weighted by atomic mass is 9.99. The molecule has 5 heteroatoms. The molecule has 0 radical (unpaired) electrons. The summed E-state index contributed by atoms with van der Waals surface area (Å²) >= 11 is 5.81. The van der Waals surface area contributed by atoms with E-state index in [1.807, 2.05) is 0 Å². The van der Waals surface area contributed by atoms with Crippen LogP contribution in [0.2, 0.25) is 5.28 Å². The maximum Gasteiger partial charge on any atom is 0.224 e. The van der Waals surface area contributed by atoms with Crippen LogP contribution in [0.25, 0.3) is 0 Å². The van der Waals surface area contributed by atoms with Gasteiger partial charge in [-0.2, -0.15) is 4.98 Å². The zero-order valence-electron chi connectivity index (χ0n) is 8.53. The largest absolute Gasteiger partial charge is 0.486 e. The summed E-state index contributed by atoms with van der Waals surface area (Å²) in [7, 11) is 0. The van der Waals surface area contributed by atoms with Crippen molar-refractivity contribution in [2.45, 2.75) is 25.3 Å². The van der Waals surface area contributed by atoms with Gasteiger partial charge in [-0.1, -0.05) is 0 Å². The molecular weight excluding hydrogens is 214 g/mol. The number of ether oxygens (including phenoxy) is 1. The SMILES string of the molecule is CC12CCCN1c1nc(Cl)ncc1OC2. The zero-order valence-corrected chi connectivity index (χ0v) is 9.29. The first kappa shape index (κ1) is 9.21. The van der Waals surface area contributed by atoms with E-state index in [1.165, 1.54) is 6.42 Å². The lowest BCUT2D eigenvalue weighted by molar-refractivity contribution is 0.210. The predicted molar refractivity (Wildman–Crippen MR) is 57.5 cm³/mol. The predicted octanol–water partition coefficient (Wildman–Crippen LogP) is 1.88. The Morgan fingerprint density at radius 1 is 1.60 bits per heavy atom. The van der Waals surface area contributed by atoms with Crippen LogP contribution in [-0.2, 0) is 0 Å².